The SMILES string of the molecule is Cc1[c]c(C)c(O)[c]c1. The number of aromatic hydroxyl groups is 1. The molecule has 2 radical (unpaired) electrons. The summed E-state index contributed by atoms with van der Waals surface area (Å²) in [7, 11) is 0. The molecule has 0 aliphatic heterocycles. The fraction of sp³-hybridized carbons (Fsp3) is 0.250. The molecular formula is C8H8O. The van der Waals surface area contributed by atoms with Gasteiger partial charge in [0.05, 0.1) is 0 Å². The van der Waals surface area contributed by atoms with Gasteiger partial charge in [-0.25, -0.2) is 0 Å². The van der Waals surface area contributed by atoms with E-state index in [-0.39, 0.29) is 5.75 Å². The first-order valence-electron chi connectivity index (χ1n) is 2.80. The Morgan fingerprint density at radius 1 is 1.44 bits per heavy atom. The first-order chi connectivity index (χ1) is 4.20. The predicted octanol–water partition coefficient (Wildman–Crippen LogP) is 1.61. The van der Waals surface area contributed by atoms with Gasteiger partial charge in [-0.15, -0.1) is 0 Å². The van der Waals surface area contributed by atoms with E-state index in [2.05, 4.69) is 12.1 Å². The molecule has 1 rings (SSSR count). The Bertz CT molecular complexity index is 216. The fourth-order valence-electron chi connectivity index (χ4n) is 0.676. The van der Waals surface area contributed by atoms with Crippen LogP contribution in [0.4, 0.5) is 0 Å². The number of hydrogen-bond acceptors (Lipinski definition) is 1. The minimum absolute atomic E-state index is 0.195. The number of benzene rings is 1. The first kappa shape index (κ1) is 6.14. The van der Waals surface area contributed by atoms with Crippen LogP contribution in [0.15, 0.2) is 6.07 Å². The molecule has 1 aromatic rings. The lowest BCUT2D eigenvalue weighted by atomic mass is 10.1. The van der Waals surface area contributed by atoms with Crippen LogP contribution in [0.25, 0.3) is 0 Å². The maximum atomic E-state index is 8.96. The fourth-order valence-corrected chi connectivity index (χ4v) is 0.676. The highest BCUT2D eigenvalue weighted by Crippen LogP contribution is 2.13. The van der Waals surface area contributed by atoms with Crippen LogP contribution < -0.4 is 0 Å². The van der Waals surface area contributed by atoms with Crippen LogP contribution in [-0.2, 0) is 0 Å². The van der Waals surface area contributed by atoms with Gasteiger partial charge in [0.25, 0.3) is 0 Å². The number of phenols is 1. The molecule has 0 saturated heterocycles. The normalized spacial score (nSPS) is 9.56. The van der Waals surface area contributed by atoms with Crippen molar-refractivity contribution in [1.82, 2.24) is 0 Å². The highest BCUT2D eigenvalue weighted by atomic mass is 16.3. The molecule has 1 aromatic carbocycles. The molecule has 1 nitrogen and oxygen atoms in total. The van der Waals surface area contributed by atoms with Crippen molar-refractivity contribution in [3.8, 4) is 5.75 Å². The summed E-state index contributed by atoms with van der Waals surface area (Å²) in [4.78, 5) is 0. The van der Waals surface area contributed by atoms with Gasteiger partial charge in [0.15, 0.2) is 0 Å². The average Bonchev–Trinajstić information content (AvgIpc) is 1.80. The van der Waals surface area contributed by atoms with Crippen LogP contribution >= 0.6 is 0 Å². The van der Waals surface area contributed by atoms with Gasteiger partial charge >= 0.3 is 0 Å². The van der Waals surface area contributed by atoms with Crippen molar-refractivity contribution in [2.75, 3.05) is 0 Å². The third-order valence-corrected chi connectivity index (χ3v) is 1.17. The van der Waals surface area contributed by atoms with Crippen LogP contribution in [0.5, 0.6) is 5.75 Å². The second kappa shape index (κ2) is 2.09. The molecule has 0 aliphatic rings. The summed E-state index contributed by atoms with van der Waals surface area (Å²) in [5.41, 5.74) is 1.76. The summed E-state index contributed by atoms with van der Waals surface area (Å²) in [6.45, 7) is 3.72. The third kappa shape index (κ3) is 1.22. The minimum atomic E-state index is 0.195. The van der Waals surface area contributed by atoms with E-state index in [1.54, 1.807) is 13.0 Å². The summed E-state index contributed by atoms with van der Waals surface area (Å²) in [6.07, 6.45) is 0. The van der Waals surface area contributed by atoms with Crippen molar-refractivity contribution in [2.45, 2.75) is 13.8 Å². The van der Waals surface area contributed by atoms with Crippen molar-refractivity contribution < 1.29 is 5.11 Å². The zero-order valence-electron chi connectivity index (χ0n) is 5.52. The van der Waals surface area contributed by atoms with Crippen LogP contribution in [0.2, 0.25) is 0 Å². The van der Waals surface area contributed by atoms with Crippen molar-refractivity contribution in [1.29, 1.82) is 0 Å². The monoisotopic (exact) mass is 120 g/mol. The van der Waals surface area contributed by atoms with Crippen molar-refractivity contribution in [2.24, 2.45) is 0 Å². The zero-order valence-corrected chi connectivity index (χ0v) is 5.52. The molecule has 0 atom stereocenters. The molecule has 0 saturated carbocycles. The molecule has 0 amide bonds. The van der Waals surface area contributed by atoms with Crippen LogP contribution in [-0.4, -0.2) is 5.11 Å². The van der Waals surface area contributed by atoms with Crippen molar-refractivity contribution in [3.63, 3.8) is 0 Å². The number of phenolic OH excluding ortho intramolecular Hbond substituents is 1. The molecule has 0 aromatic heterocycles. The highest BCUT2D eigenvalue weighted by Gasteiger charge is 1.93. The zero-order chi connectivity index (χ0) is 6.85. The molecule has 1 N–H and O–H groups in total. The van der Waals surface area contributed by atoms with E-state index in [1.165, 1.54) is 0 Å². The second-order valence-corrected chi connectivity index (χ2v) is 2.07. The highest BCUT2D eigenvalue weighted by molar-refractivity contribution is 5.31. The van der Waals surface area contributed by atoms with E-state index >= 15 is 0 Å². The van der Waals surface area contributed by atoms with Crippen molar-refractivity contribution in [3.05, 3.63) is 29.3 Å². The molecule has 9 heavy (non-hydrogen) atoms. The number of rotatable bonds is 0. The molecule has 0 unspecified atom stereocenters. The molecule has 0 spiro atoms. The average molecular weight is 120 g/mol. The van der Waals surface area contributed by atoms with Gasteiger partial charge in [0.2, 0.25) is 0 Å². The molecule has 0 fully saturated rings. The lowest BCUT2D eigenvalue weighted by molar-refractivity contribution is 0.469. The quantitative estimate of drug-likeness (QED) is 0.551. The minimum Gasteiger partial charge on any atom is -0.507 e. The maximum absolute atomic E-state index is 8.96. The Morgan fingerprint density at radius 2 is 2.11 bits per heavy atom. The second-order valence-electron chi connectivity index (χ2n) is 2.07. The van der Waals surface area contributed by atoms with Gasteiger partial charge in [-0.3, -0.25) is 0 Å². The van der Waals surface area contributed by atoms with Gasteiger partial charge in [-0.05, 0) is 37.1 Å². The van der Waals surface area contributed by atoms with Gasteiger partial charge in [-0.1, -0.05) is 0 Å². The van der Waals surface area contributed by atoms with Gasteiger partial charge in [-0.2, -0.15) is 0 Å². The smallest absolute Gasteiger partial charge is 0.127 e. The molecule has 46 valence electrons. The van der Waals surface area contributed by atoms with Gasteiger partial charge in [0, 0.05) is 6.07 Å². The molecule has 1 heteroatoms. The summed E-state index contributed by atoms with van der Waals surface area (Å²) >= 11 is 0. The summed E-state index contributed by atoms with van der Waals surface area (Å²) in [5, 5.41) is 8.96. The van der Waals surface area contributed by atoms with E-state index in [0.29, 0.717) is 0 Å². The molecule has 0 aliphatic carbocycles. The van der Waals surface area contributed by atoms with Crippen LogP contribution in [0.3, 0.4) is 0 Å². The summed E-state index contributed by atoms with van der Waals surface area (Å²) in [5.74, 6) is 0.195. The lowest BCUT2D eigenvalue weighted by Crippen LogP contribution is -1.77. The van der Waals surface area contributed by atoms with Crippen LogP contribution in [0.1, 0.15) is 11.1 Å². The Hall–Kier alpha value is -0.980. The Kier molecular flexibility index (Phi) is 1.43. The van der Waals surface area contributed by atoms with E-state index in [1.807, 2.05) is 6.92 Å². The van der Waals surface area contributed by atoms with Crippen LogP contribution in [0, 0.1) is 26.0 Å². The summed E-state index contributed by atoms with van der Waals surface area (Å²) < 4.78 is 0. The number of hydrogen-bond donors (Lipinski definition) is 1. The largest absolute Gasteiger partial charge is 0.507 e. The standard InChI is InChI=1S/C8H8O/c1-6-3-4-8(9)7(2)5-6/h3,9H,1-2H3. The van der Waals surface area contributed by atoms with E-state index in [4.69, 9.17) is 5.11 Å². The topological polar surface area (TPSA) is 20.2 Å². The van der Waals surface area contributed by atoms with E-state index < -0.39 is 0 Å². The Balaban J connectivity index is 3.17. The van der Waals surface area contributed by atoms with Crippen molar-refractivity contribution >= 4 is 0 Å². The Labute approximate surface area is 55.0 Å². The lowest BCUT2D eigenvalue weighted by Gasteiger charge is -1.95. The molecular weight excluding hydrogens is 112 g/mol. The van der Waals surface area contributed by atoms with E-state index in [0.717, 1.165) is 11.1 Å². The molecule has 0 bridgehead atoms. The maximum Gasteiger partial charge on any atom is 0.127 e. The summed E-state index contributed by atoms with van der Waals surface area (Å²) in [6, 6.07) is 7.36. The predicted molar refractivity (Wildman–Crippen MR) is 35.3 cm³/mol. The third-order valence-electron chi connectivity index (χ3n) is 1.17. The van der Waals surface area contributed by atoms with Gasteiger partial charge in [0.1, 0.15) is 5.75 Å². The Morgan fingerprint density at radius 3 is 2.56 bits per heavy atom. The van der Waals surface area contributed by atoms with E-state index in [9.17, 15) is 0 Å². The first-order valence-corrected chi connectivity index (χ1v) is 2.80. The molecule has 0 heterocycles. The number of aryl methyl sites for hydroxylation is 2. The van der Waals surface area contributed by atoms with Gasteiger partial charge < -0.3 is 5.11 Å².